The molecule has 0 aliphatic rings. The molecule has 0 amide bonds. The maximum Gasteiger partial charge on any atom is 0.333 e. The number of carbonyl (C=O) groups is 1. The van der Waals surface area contributed by atoms with Crippen molar-refractivity contribution in [3.05, 3.63) is 83.4 Å². The highest BCUT2D eigenvalue weighted by atomic mass is 16.5. The highest BCUT2D eigenvalue weighted by molar-refractivity contribution is 5.86. The largest absolute Gasteiger partial charge is 0.457 e. The molecule has 0 saturated heterocycles. The van der Waals surface area contributed by atoms with Crippen LogP contribution in [0, 0.1) is 0 Å². The molecular formula is C19H20O2. The lowest BCUT2D eigenvalue weighted by atomic mass is 10.0. The molecule has 0 aliphatic carbocycles. The molecule has 0 radical (unpaired) electrons. The van der Waals surface area contributed by atoms with E-state index >= 15 is 0 Å². The van der Waals surface area contributed by atoms with Crippen LogP contribution < -0.4 is 0 Å². The quantitative estimate of drug-likeness (QED) is 0.588. The van der Waals surface area contributed by atoms with E-state index in [1.807, 2.05) is 18.2 Å². The first-order valence-electron chi connectivity index (χ1n) is 7.09. The Morgan fingerprint density at radius 2 is 1.57 bits per heavy atom. The fourth-order valence-corrected chi connectivity index (χ4v) is 2.08. The summed E-state index contributed by atoms with van der Waals surface area (Å²) in [6.07, 6.45) is 1.99. The number of esters is 1. The van der Waals surface area contributed by atoms with Crippen LogP contribution in [0.2, 0.25) is 0 Å². The number of ether oxygens (including phenoxy) is 1. The number of hydrogen-bond acceptors (Lipinski definition) is 2. The molecule has 21 heavy (non-hydrogen) atoms. The van der Waals surface area contributed by atoms with Crippen LogP contribution in [0.15, 0.2) is 66.7 Å². The van der Waals surface area contributed by atoms with Crippen molar-refractivity contribution in [2.45, 2.75) is 26.4 Å². The smallest absolute Gasteiger partial charge is 0.333 e. The standard InChI is InChI=1S/C19H20O2/c1-15(2)19(20)21-14-18-10-6-9-17(13-18)12-11-16-7-4-3-5-8-16/h3-10,13H,1,11-12,14H2,2H3. The van der Waals surface area contributed by atoms with E-state index in [0.29, 0.717) is 12.2 Å². The zero-order valence-corrected chi connectivity index (χ0v) is 12.3. The van der Waals surface area contributed by atoms with Crippen LogP contribution in [-0.2, 0) is 29.0 Å². The predicted molar refractivity (Wildman–Crippen MR) is 84.9 cm³/mol. The van der Waals surface area contributed by atoms with Crippen molar-refractivity contribution < 1.29 is 9.53 Å². The minimum absolute atomic E-state index is 0.296. The molecule has 0 spiro atoms. The molecule has 2 heteroatoms. The van der Waals surface area contributed by atoms with E-state index in [1.54, 1.807) is 6.92 Å². The summed E-state index contributed by atoms with van der Waals surface area (Å²) >= 11 is 0. The maximum atomic E-state index is 11.4. The lowest BCUT2D eigenvalue weighted by Crippen LogP contribution is -2.05. The van der Waals surface area contributed by atoms with Gasteiger partial charge in [-0.1, -0.05) is 61.2 Å². The lowest BCUT2D eigenvalue weighted by molar-refractivity contribution is -0.140. The average molecular weight is 280 g/mol. The Bertz CT molecular complexity index is 614. The number of carbonyl (C=O) groups excluding carboxylic acids is 1. The Kier molecular flexibility index (Phi) is 5.33. The molecule has 0 heterocycles. The van der Waals surface area contributed by atoms with E-state index in [4.69, 9.17) is 4.74 Å². The topological polar surface area (TPSA) is 26.3 Å². The van der Waals surface area contributed by atoms with Gasteiger partial charge in [-0.15, -0.1) is 0 Å². The minimum Gasteiger partial charge on any atom is -0.457 e. The molecule has 0 atom stereocenters. The van der Waals surface area contributed by atoms with Crippen LogP contribution >= 0.6 is 0 Å². The molecule has 2 rings (SSSR count). The normalized spacial score (nSPS) is 10.1. The fraction of sp³-hybridized carbons (Fsp3) is 0.211. The number of rotatable bonds is 6. The molecule has 0 bridgehead atoms. The third-order valence-electron chi connectivity index (χ3n) is 3.25. The highest BCUT2D eigenvalue weighted by Crippen LogP contribution is 2.11. The van der Waals surface area contributed by atoms with Crippen molar-refractivity contribution >= 4 is 5.97 Å². The van der Waals surface area contributed by atoms with E-state index in [1.165, 1.54) is 11.1 Å². The van der Waals surface area contributed by atoms with Gasteiger partial charge in [0, 0.05) is 5.57 Å². The molecule has 2 aromatic rings. The van der Waals surface area contributed by atoms with Gasteiger partial charge in [0.25, 0.3) is 0 Å². The van der Waals surface area contributed by atoms with Gasteiger partial charge in [0.05, 0.1) is 0 Å². The van der Waals surface area contributed by atoms with Crippen LogP contribution in [0.3, 0.4) is 0 Å². The second-order valence-corrected chi connectivity index (χ2v) is 5.16. The van der Waals surface area contributed by atoms with Gasteiger partial charge in [-0.2, -0.15) is 0 Å². The molecule has 0 unspecified atom stereocenters. The Morgan fingerprint density at radius 1 is 0.952 bits per heavy atom. The lowest BCUT2D eigenvalue weighted by Gasteiger charge is -2.07. The fourth-order valence-electron chi connectivity index (χ4n) is 2.08. The Labute approximate surface area is 126 Å². The van der Waals surface area contributed by atoms with Crippen LogP contribution in [0.5, 0.6) is 0 Å². The summed E-state index contributed by atoms with van der Waals surface area (Å²) in [5, 5.41) is 0. The molecular weight excluding hydrogens is 260 g/mol. The van der Waals surface area contributed by atoms with E-state index < -0.39 is 0 Å². The van der Waals surface area contributed by atoms with Crippen LogP contribution in [0.1, 0.15) is 23.6 Å². The predicted octanol–water partition coefficient (Wildman–Crippen LogP) is 4.09. The molecule has 2 aromatic carbocycles. The Hall–Kier alpha value is -2.35. The first-order chi connectivity index (χ1) is 10.1. The zero-order valence-electron chi connectivity index (χ0n) is 12.3. The molecule has 0 N–H and O–H groups in total. The third kappa shape index (κ3) is 4.92. The summed E-state index contributed by atoms with van der Waals surface area (Å²) in [5.74, 6) is -0.343. The van der Waals surface area contributed by atoms with Crippen LogP contribution in [0.4, 0.5) is 0 Å². The number of benzene rings is 2. The first-order valence-corrected chi connectivity index (χ1v) is 7.09. The van der Waals surface area contributed by atoms with Crippen molar-refractivity contribution in [2.24, 2.45) is 0 Å². The molecule has 0 aromatic heterocycles. The summed E-state index contributed by atoms with van der Waals surface area (Å²) in [4.78, 5) is 11.4. The summed E-state index contributed by atoms with van der Waals surface area (Å²) in [6.45, 7) is 5.52. The van der Waals surface area contributed by atoms with Crippen molar-refractivity contribution in [3.8, 4) is 0 Å². The second kappa shape index (κ2) is 7.44. The van der Waals surface area contributed by atoms with Crippen molar-refractivity contribution in [1.29, 1.82) is 0 Å². The van der Waals surface area contributed by atoms with E-state index in [9.17, 15) is 4.79 Å². The van der Waals surface area contributed by atoms with Gasteiger partial charge in [0.1, 0.15) is 6.61 Å². The van der Waals surface area contributed by atoms with Gasteiger partial charge >= 0.3 is 5.97 Å². The molecule has 108 valence electrons. The molecule has 0 aliphatic heterocycles. The summed E-state index contributed by atoms with van der Waals surface area (Å²) in [5.41, 5.74) is 4.02. The van der Waals surface area contributed by atoms with Crippen molar-refractivity contribution in [3.63, 3.8) is 0 Å². The van der Waals surface area contributed by atoms with Gasteiger partial charge in [-0.05, 0) is 36.5 Å². The average Bonchev–Trinajstić information content (AvgIpc) is 2.52. The van der Waals surface area contributed by atoms with Crippen molar-refractivity contribution in [1.82, 2.24) is 0 Å². The number of hydrogen-bond donors (Lipinski definition) is 0. The van der Waals surface area contributed by atoms with Crippen LogP contribution in [-0.4, -0.2) is 5.97 Å². The zero-order chi connectivity index (χ0) is 15.1. The van der Waals surface area contributed by atoms with Crippen molar-refractivity contribution in [2.75, 3.05) is 0 Å². The minimum atomic E-state index is -0.343. The van der Waals surface area contributed by atoms with Crippen LogP contribution in [0.25, 0.3) is 0 Å². The third-order valence-corrected chi connectivity index (χ3v) is 3.25. The Morgan fingerprint density at radius 3 is 2.29 bits per heavy atom. The molecule has 0 saturated carbocycles. The van der Waals surface area contributed by atoms with E-state index in [0.717, 1.165) is 18.4 Å². The summed E-state index contributed by atoms with van der Waals surface area (Å²) in [7, 11) is 0. The summed E-state index contributed by atoms with van der Waals surface area (Å²) in [6, 6.07) is 18.6. The Balaban J connectivity index is 1.91. The van der Waals surface area contributed by atoms with Gasteiger partial charge in [-0.25, -0.2) is 4.79 Å². The molecule has 2 nitrogen and oxygen atoms in total. The van der Waals surface area contributed by atoms with Gasteiger partial charge < -0.3 is 4.74 Å². The second-order valence-electron chi connectivity index (χ2n) is 5.16. The first kappa shape index (κ1) is 15.0. The molecule has 0 fully saturated rings. The number of aryl methyl sites for hydroxylation is 2. The van der Waals surface area contributed by atoms with Gasteiger partial charge in [0.15, 0.2) is 0 Å². The maximum absolute atomic E-state index is 11.4. The monoisotopic (exact) mass is 280 g/mol. The van der Waals surface area contributed by atoms with Gasteiger partial charge in [0.2, 0.25) is 0 Å². The van der Waals surface area contributed by atoms with E-state index in [-0.39, 0.29) is 5.97 Å². The summed E-state index contributed by atoms with van der Waals surface area (Å²) < 4.78 is 5.17. The highest BCUT2D eigenvalue weighted by Gasteiger charge is 2.04. The SMILES string of the molecule is C=C(C)C(=O)OCc1cccc(CCc2ccccc2)c1. The van der Waals surface area contributed by atoms with E-state index in [2.05, 4.69) is 43.0 Å². The van der Waals surface area contributed by atoms with Gasteiger partial charge in [-0.3, -0.25) is 0 Å².